The molecule has 0 spiro atoms. The lowest BCUT2D eigenvalue weighted by atomic mass is 10.2. The number of esters is 1. The number of carbonyl (C=O) groups excluding carboxylic acids is 2. The first kappa shape index (κ1) is 21.1. The van der Waals surface area contributed by atoms with Crippen molar-refractivity contribution in [2.45, 2.75) is 18.8 Å². The molecular weight excluding hydrogens is 393 g/mol. The van der Waals surface area contributed by atoms with Crippen molar-refractivity contribution < 1.29 is 23.5 Å². The van der Waals surface area contributed by atoms with Crippen LogP contribution in [-0.2, 0) is 20.9 Å². The fraction of sp³-hybridized carbons (Fsp3) is 0.263. The van der Waals surface area contributed by atoms with Crippen molar-refractivity contribution in [3.05, 3.63) is 58.9 Å². The molecule has 2 rings (SSSR count). The number of hydrogen-bond donors (Lipinski definition) is 1. The molecule has 0 aromatic heterocycles. The second-order valence-corrected chi connectivity index (χ2v) is 7.34. The van der Waals surface area contributed by atoms with Crippen molar-refractivity contribution in [1.82, 2.24) is 0 Å². The third kappa shape index (κ3) is 6.77. The number of carbonyl (C=O) groups is 2. The molecule has 0 aliphatic carbocycles. The van der Waals surface area contributed by atoms with Gasteiger partial charge in [-0.15, -0.1) is 11.8 Å². The van der Waals surface area contributed by atoms with Crippen LogP contribution in [0.5, 0.6) is 5.75 Å². The summed E-state index contributed by atoms with van der Waals surface area (Å²) in [5.41, 5.74) is 1.15. The summed E-state index contributed by atoms with van der Waals surface area (Å²) in [6.07, 6.45) is 0. The quantitative estimate of drug-likeness (QED) is 0.656. The third-order valence-corrected chi connectivity index (χ3v) is 4.89. The van der Waals surface area contributed by atoms with E-state index >= 15 is 0 Å². The van der Waals surface area contributed by atoms with Crippen LogP contribution in [0.3, 0.4) is 0 Å². The van der Waals surface area contributed by atoms with Crippen LogP contribution in [0.25, 0.3) is 0 Å². The molecule has 0 heterocycles. The predicted octanol–water partition coefficient (Wildman–Crippen LogP) is 4.29. The highest BCUT2D eigenvalue weighted by molar-refractivity contribution is 8.01. The summed E-state index contributed by atoms with van der Waals surface area (Å²) in [7, 11) is 1.52. The Balaban J connectivity index is 1.79. The average molecular weight is 412 g/mol. The van der Waals surface area contributed by atoms with E-state index in [4.69, 9.17) is 21.1 Å². The SMILES string of the molecule is COc1ccc(Cl)cc1COC(=O)C(C)SCC(=O)Nc1ccc(F)cc1. The Morgan fingerprint density at radius 2 is 1.93 bits per heavy atom. The summed E-state index contributed by atoms with van der Waals surface area (Å²) in [6, 6.07) is 10.5. The van der Waals surface area contributed by atoms with Crippen LogP contribution in [0.15, 0.2) is 42.5 Å². The minimum atomic E-state index is -0.533. The highest BCUT2D eigenvalue weighted by atomic mass is 35.5. The fourth-order valence-electron chi connectivity index (χ4n) is 2.13. The molecule has 0 saturated heterocycles. The van der Waals surface area contributed by atoms with E-state index in [1.165, 1.54) is 31.4 Å². The number of thioether (sulfide) groups is 1. The number of nitrogens with one attached hydrogen (secondary N) is 1. The Hall–Kier alpha value is -2.25. The van der Waals surface area contributed by atoms with E-state index in [-0.39, 0.29) is 24.1 Å². The van der Waals surface area contributed by atoms with Crippen molar-refractivity contribution in [1.29, 1.82) is 0 Å². The number of rotatable bonds is 8. The van der Waals surface area contributed by atoms with Crippen LogP contribution >= 0.6 is 23.4 Å². The lowest BCUT2D eigenvalue weighted by Gasteiger charge is -2.13. The maximum absolute atomic E-state index is 12.8. The molecule has 1 amide bonds. The van der Waals surface area contributed by atoms with Gasteiger partial charge in [-0.05, 0) is 49.4 Å². The lowest BCUT2D eigenvalue weighted by Crippen LogP contribution is -2.21. The zero-order chi connectivity index (χ0) is 19.8. The van der Waals surface area contributed by atoms with Gasteiger partial charge in [-0.1, -0.05) is 11.6 Å². The Morgan fingerprint density at radius 3 is 2.59 bits per heavy atom. The summed E-state index contributed by atoms with van der Waals surface area (Å²) in [5, 5.41) is 2.62. The van der Waals surface area contributed by atoms with E-state index in [0.29, 0.717) is 22.0 Å². The first-order valence-corrected chi connectivity index (χ1v) is 9.48. The van der Waals surface area contributed by atoms with Gasteiger partial charge >= 0.3 is 5.97 Å². The van der Waals surface area contributed by atoms with Crippen LogP contribution in [0.2, 0.25) is 5.02 Å². The molecule has 2 aromatic rings. The number of benzene rings is 2. The minimum Gasteiger partial charge on any atom is -0.496 e. The van der Waals surface area contributed by atoms with E-state index < -0.39 is 11.2 Å². The lowest BCUT2D eigenvalue weighted by molar-refractivity contribution is -0.143. The molecule has 1 atom stereocenters. The first-order chi connectivity index (χ1) is 12.9. The number of halogens is 2. The smallest absolute Gasteiger partial charge is 0.319 e. The summed E-state index contributed by atoms with van der Waals surface area (Å²) in [6.45, 7) is 1.68. The van der Waals surface area contributed by atoms with Gasteiger partial charge < -0.3 is 14.8 Å². The molecule has 144 valence electrons. The van der Waals surface area contributed by atoms with Crippen molar-refractivity contribution >= 4 is 40.9 Å². The van der Waals surface area contributed by atoms with E-state index in [0.717, 1.165) is 11.8 Å². The topological polar surface area (TPSA) is 64.6 Å². The molecule has 27 heavy (non-hydrogen) atoms. The second-order valence-electron chi connectivity index (χ2n) is 5.57. The molecule has 0 aliphatic rings. The largest absolute Gasteiger partial charge is 0.496 e. The summed E-state index contributed by atoms with van der Waals surface area (Å²) in [4.78, 5) is 24.0. The Morgan fingerprint density at radius 1 is 1.22 bits per heavy atom. The second kappa shape index (κ2) is 10.2. The van der Waals surface area contributed by atoms with Gasteiger partial charge in [0, 0.05) is 16.3 Å². The fourth-order valence-corrected chi connectivity index (χ4v) is 3.00. The first-order valence-electron chi connectivity index (χ1n) is 8.05. The molecule has 2 aromatic carbocycles. The molecule has 0 saturated carbocycles. The van der Waals surface area contributed by atoms with E-state index in [1.807, 2.05) is 0 Å². The maximum atomic E-state index is 12.8. The maximum Gasteiger partial charge on any atom is 0.319 e. The van der Waals surface area contributed by atoms with E-state index in [1.54, 1.807) is 25.1 Å². The normalized spacial score (nSPS) is 11.6. The number of anilines is 1. The Labute approximate surface area is 166 Å². The molecule has 5 nitrogen and oxygen atoms in total. The van der Waals surface area contributed by atoms with Crippen molar-refractivity contribution in [2.75, 3.05) is 18.2 Å². The van der Waals surface area contributed by atoms with Gasteiger partial charge in [-0.2, -0.15) is 0 Å². The highest BCUT2D eigenvalue weighted by Crippen LogP contribution is 2.24. The molecule has 1 unspecified atom stereocenters. The van der Waals surface area contributed by atoms with Gasteiger partial charge in [-0.25, -0.2) is 4.39 Å². The number of ether oxygens (including phenoxy) is 2. The van der Waals surface area contributed by atoms with Crippen molar-refractivity contribution in [3.63, 3.8) is 0 Å². The zero-order valence-electron chi connectivity index (χ0n) is 14.8. The number of hydrogen-bond acceptors (Lipinski definition) is 5. The van der Waals surface area contributed by atoms with Gasteiger partial charge in [0.2, 0.25) is 5.91 Å². The zero-order valence-corrected chi connectivity index (χ0v) is 16.4. The van der Waals surface area contributed by atoms with Gasteiger partial charge in [0.15, 0.2) is 0 Å². The Bertz CT molecular complexity index is 801. The van der Waals surface area contributed by atoms with E-state index in [2.05, 4.69) is 5.32 Å². The molecule has 0 radical (unpaired) electrons. The van der Waals surface area contributed by atoms with Gasteiger partial charge in [0.05, 0.1) is 12.9 Å². The monoisotopic (exact) mass is 411 g/mol. The molecular formula is C19H19ClFNO4S. The van der Waals surface area contributed by atoms with Crippen LogP contribution in [0.1, 0.15) is 12.5 Å². The summed E-state index contributed by atoms with van der Waals surface area (Å²) < 4.78 is 23.3. The molecule has 0 aliphatic heterocycles. The average Bonchev–Trinajstić information content (AvgIpc) is 2.66. The minimum absolute atomic E-state index is 0.0231. The van der Waals surface area contributed by atoms with Crippen LogP contribution in [0.4, 0.5) is 10.1 Å². The molecule has 8 heteroatoms. The van der Waals surface area contributed by atoms with Gasteiger partial charge in [0.1, 0.15) is 23.4 Å². The van der Waals surface area contributed by atoms with Crippen molar-refractivity contribution in [3.8, 4) is 5.75 Å². The third-order valence-electron chi connectivity index (χ3n) is 3.54. The number of amides is 1. The standard InChI is InChI=1S/C19H19ClFNO4S/c1-12(27-11-18(23)22-16-6-4-15(21)5-7-16)19(24)26-10-13-9-14(20)3-8-17(13)25-2/h3-9,12H,10-11H2,1-2H3,(H,22,23). The summed E-state index contributed by atoms with van der Waals surface area (Å²) in [5.74, 6) is -0.477. The molecule has 0 bridgehead atoms. The Kier molecular flexibility index (Phi) is 7.94. The predicted molar refractivity (Wildman–Crippen MR) is 105 cm³/mol. The molecule has 1 N–H and O–H groups in total. The van der Waals surface area contributed by atoms with Crippen LogP contribution in [0, 0.1) is 5.82 Å². The number of methoxy groups -OCH3 is 1. The van der Waals surface area contributed by atoms with E-state index in [9.17, 15) is 14.0 Å². The van der Waals surface area contributed by atoms with Crippen molar-refractivity contribution in [2.24, 2.45) is 0 Å². The summed E-state index contributed by atoms with van der Waals surface area (Å²) >= 11 is 7.09. The van der Waals surface area contributed by atoms with Gasteiger partial charge in [0.25, 0.3) is 0 Å². The van der Waals surface area contributed by atoms with Crippen LogP contribution in [-0.4, -0.2) is 30.0 Å². The van der Waals surface area contributed by atoms with Gasteiger partial charge in [-0.3, -0.25) is 9.59 Å². The highest BCUT2D eigenvalue weighted by Gasteiger charge is 2.18. The van der Waals surface area contributed by atoms with Crippen LogP contribution < -0.4 is 10.1 Å². The molecule has 0 fully saturated rings.